The fourth-order valence-corrected chi connectivity index (χ4v) is 5.49. The lowest BCUT2D eigenvalue weighted by atomic mass is 9.97. The number of hydrogen-bond acceptors (Lipinski definition) is 5. The van der Waals surface area contributed by atoms with E-state index in [1.165, 1.54) is 4.31 Å². The zero-order valence-corrected chi connectivity index (χ0v) is 19.2. The number of carbonyl (C=O) groups is 2. The molecule has 1 saturated heterocycles. The smallest absolute Gasteiger partial charge is 0.338 e. The van der Waals surface area contributed by atoms with Crippen molar-refractivity contribution < 1.29 is 22.7 Å². The molecule has 0 aromatic heterocycles. The van der Waals surface area contributed by atoms with Gasteiger partial charge in [-0.05, 0) is 66.9 Å². The Balaban J connectivity index is 1.36. The van der Waals surface area contributed by atoms with Gasteiger partial charge in [0.05, 0.1) is 17.1 Å². The molecular weight excluding hydrogens is 440 g/mol. The number of nitrogens with zero attached hydrogens (tertiary/aromatic N) is 1. The van der Waals surface area contributed by atoms with Gasteiger partial charge in [0.15, 0.2) is 0 Å². The predicted octanol–water partition coefficient (Wildman–Crippen LogP) is 4.06. The molecule has 1 N–H and O–H groups in total. The average molecular weight is 467 g/mol. The molecule has 1 heterocycles. The van der Waals surface area contributed by atoms with Gasteiger partial charge in [-0.3, -0.25) is 4.79 Å². The number of benzene rings is 3. The minimum absolute atomic E-state index is 0.151. The number of piperidine rings is 1. The van der Waals surface area contributed by atoms with Crippen LogP contribution >= 0.6 is 0 Å². The molecule has 8 heteroatoms. The van der Waals surface area contributed by atoms with Gasteiger partial charge in [-0.2, -0.15) is 4.31 Å². The maximum Gasteiger partial charge on any atom is 0.338 e. The van der Waals surface area contributed by atoms with Crippen molar-refractivity contribution in [2.45, 2.75) is 24.7 Å². The zero-order valence-electron chi connectivity index (χ0n) is 18.4. The van der Waals surface area contributed by atoms with Gasteiger partial charge in [-0.1, -0.05) is 30.3 Å². The second kappa shape index (κ2) is 9.72. The third-order valence-corrected chi connectivity index (χ3v) is 7.74. The van der Waals surface area contributed by atoms with Crippen LogP contribution in [-0.4, -0.2) is 44.3 Å². The minimum Gasteiger partial charge on any atom is -0.462 e. The quantitative estimate of drug-likeness (QED) is 0.553. The summed E-state index contributed by atoms with van der Waals surface area (Å²) >= 11 is 0. The molecule has 0 unspecified atom stereocenters. The van der Waals surface area contributed by atoms with Crippen LogP contribution in [0, 0.1) is 5.92 Å². The van der Waals surface area contributed by atoms with Crippen molar-refractivity contribution in [3.05, 3.63) is 72.3 Å². The second-order valence-corrected chi connectivity index (χ2v) is 9.91. The predicted molar refractivity (Wildman–Crippen MR) is 126 cm³/mol. The van der Waals surface area contributed by atoms with Crippen LogP contribution in [0.5, 0.6) is 0 Å². The van der Waals surface area contributed by atoms with E-state index < -0.39 is 16.0 Å². The first-order valence-electron chi connectivity index (χ1n) is 11.0. The first-order chi connectivity index (χ1) is 15.9. The Morgan fingerprint density at radius 3 is 2.30 bits per heavy atom. The van der Waals surface area contributed by atoms with Gasteiger partial charge < -0.3 is 10.1 Å². The number of amides is 1. The highest BCUT2D eigenvalue weighted by Gasteiger charge is 2.32. The lowest BCUT2D eigenvalue weighted by molar-refractivity contribution is -0.120. The number of hydrogen-bond donors (Lipinski definition) is 1. The molecule has 0 radical (unpaired) electrons. The summed E-state index contributed by atoms with van der Waals surface area (Å²) in [5.74, 6) is -0.838. The Labute approximate surface area is 193 Å². The molecule has 33 heavy (non-hydrogen) atoms. The van der Waals surface area contributed by atoms with E-state index in [2.05, 4.69) is 5.32 Å². The molecule has 0 bridgehead atoms. The molecule has 1 aliphatic heterocycles. The van der Waals surface area contributed by atoms with Gasteiger partial charge >= 0.3 is 5.97 Å². The second-order valence-electron chi connectivity index (χ2n) is 7.97. The summed E-state index contributed by atoms with van der Waals surface area (Å²) < 4.78 is 32.6. The Morgan fingerprint density at radius 1 is 0.970 bits per heavy atom. The van der Waals surface area contributed by atoms with E-state index in [1.807, 2.05) is 30.3 Å². The Morgan fingerprint density at radius 2 is 1.64 bits per heavy atom. The minimum atomic E-state index is -3.62. The van der Waals surface area contributed by atoms with E-state index in [-0.39, 0.29) is 29.8 Å². The van der Waals surface area contributed by atoms with Crippen molar-refractivity contribution in [3.8, 4) is 0 Å². The largest absolute Gasteiger partial charge is 0.462 e. The molecular formula is C25H26N2O5S. The number of nitrogens with one attached hydrogen (secondary N) is 1. The van der Waals surface area contributed by atoms with Crippen molar-refractivity contribution in [3.63, 3.8) is 0 Å². The van der Waals surface area contributed by atoms with Crippen LogP contribution < -0.4 is 5.32 Å². The standard InChI is InChI=1S/C25H26N2O5S/c1-2-32-25(29)20-7-10-22(11-8-20)26-24(28)19-13-15-27(16-14-19)33(30,31)23-12-9-18-5-3-4-6-21(18)17-23/h3-12,17,19H,2,13-16H2,1H3,(H,26,28). The summed E-state index contributed by atoms with van der Waals surface area (Å²) in [5, 5.41) is 4.72. The molecule has 0 spiro atoms. The Kier molecular flexibility index (Phi) is 6.76. The van der Waals surface area contributed by atoms with E-state index in [4.69, 9.17) is 4.74 Å². The SMILES string of the molecule is CCOC(=O)c1ccc(NC(=O)C2CCN(S(=O)(=O)c3ccc4ccccc4c3)CC2)cc1. The summed E-state index contributed by atoms with van der Waals surface area (Å²) in [5.41, 5.74) is 1.00. The summed E-state index contributed by atoms with van der Waals surface area (Å²) in [6.07, 6.45) is 0.888. The highest BCUT2D eigenvalue weighted by Crippen LogP contribution is 2.27. The monoisotopic (exact) mass is 466 g/mol. The summed E-state index contributed by atoms with van der Waals surface area (Å²) in [6.45, 7) is 2.61. The third kappa shape index (κ3) is 5.07. The molecule has 1 amide bonds. The fraction of sp³-hybridized carbons (Fsp3) is 0.280. The van der Waals surface area contributed by atoms with Gasteiger partial charge in [0.2, 0.25) is 15.9 Å². The normalized spacial score (nSPS) is 15.3. The average Bonchev–Trinajstić information content (AvgIpc) is 2.84. The molecule has 7 nitrogen and oxygen atoms in total. The summed E-state index contributed by atoms with van der Waals surface area (Å²) in [4.78, 5) is 24.7. The summed E-state index contributed by atoms with van der Waals surface area (Å²) in [7, 11) is -3.62. The Bertz CT molecular complexity index is 1260. The van der Waals surface area contributed by atoms with Crippen molar-refractivity contribution in [1.29, 1.82) is 0 Å². The number of rotatable bonds is 6. The first-order valence-corrected chi connectivity index (χ1v) is 12.4. The molecule has 0 saturated carbocycles. The molecule has 4 rings (SSSR count). The number of ether oxygens (including phenoxy) is 1. The maximum atomic E-state index is 13.1. The van der Waals surface area contributed by atoms with Gasteiger partial charge in [0, 0.05) is 24.7 Å². The number of anilines is 1. The zero-order chi connectivity index (χ0) is 23.4. The topological polar surface area (TPSA) is 92.8 Å². The van der Waals surface area contributed by atoms with Crippen molar-refractivity contribution in [1.82, 2.24) is 4.31 Å². The molecule has 3 aromatic carbocycles. The number of carbonyl (C=O) groups excluding carboxylic acids is 2. The Hall–Kier alpha value is -3.23. The van der Waals surface area contributed by atoms with Crippen LogP contribution in [0.3, 0.4) is 0 Å². The number of fused-ring (bicyclic) bond motifs is 1. The van der Waals surface area contributed by atoms with Gasteiger partial charge in [0.1, 0.15) is 0 Å². The van der Waals surface area contributed by atoms with Crippen LogP contribution in [0.2, 0.25) is 0 Å². The van der Waals surface area contributed by atoms with Crippen LogP contribution in [0.15, 0.2) is 71.6 Å². The molecule has 1 fully saturated rings. The maximum absolute atomic E-state index is 13.1. The van der Waals surface area contributed by atoms with Gasteiger partial charge in [-0.25, -0.2) is 13.2 Å². The molecule has 0 atom stereocenters. The molecule has 3 aromatic rings. The van der Waals surface area contributed by atoms with Crippen LogP contribution in [-0.2, 0) is 19.6 Å². The molecule has 172 valence electrons. The van der Waals surface area contributed by atoms with Gasteiger partial charge in [0.25, 0.3) is 0 Å². The highest BCUT2D eigenvalue weighted by atomic mass is 32.2. The van der Waals surface area contributed by atoms with Crippen LogP contribution in [0.25, 0.3) is 10.8 Å². The molecule has 1 aliphatic rings. The van der Waals surface area contributed by atoms with Gasteiger partial charge in [-0.15, -0.1) is 0 Å². The van der Waals surface area contributed by atoms with Crippen molar-refractivity contribution in [2.24, 2.45) is 5.92 Å². The van der Waals surface area contributed by atoms with Crippen molar-refractivity contribution >= 4 is 38.4 Å². The molecule has 0 aliphatic carbocycles. The highest BCUT2D eigenvalue weighted by molar-refractivity contribution is 7.89. The first kappa shape index (κ1) is 22.9. The fourth-order valence-electron chi connectivity index (χ4n) is 3.98. The van der Waals surface area contributed by atoms with Crippen LogP contribution in [0.1, 0.15) is 30.1 Å². The number of esters is 1. The lowest BCUT2D eigenvalue weighted by Gasteiger charge is -2.30. The summed E-state index contributed by atoms with van der Waals surface area (Å²) in [6, 6.07) is 19.3. The lowest BCUT2D eigenvalue weighted by Crippen LogP contribution is -2.41. The third-order valence-electron chi connectivity index (χ3n) is 5.85. The van der Waals surface area contributed by atoms with Crippen LogP contribution in [0.4, 0.5) is 5.69 Å². The van der Waals surface area contributed by atoms with E-state index >= 15 is 0 Å². The van der Waals surface area contributed by atoms with E-state index in [9.17, 15) is 18.0 Å². The van der Waals surface area contributed by atoms with E-state index in [1.54, 1.807) is 43.3 Å². The number of sulfonamides is 1. The van der Waals surface area contributed by atoms with Crippen molar-refractivity contribution in [2.75, 3.05) is 25.0 Å². The van der Waals surface area contributed by atoms with E-state index in [0.717, 1.165) is 10.8 Å². The van der Waals surface area contributed by atoms with E-state index in [0.29, 0.717) is 30.7 Å².